The normalized spacial score (nSPS) is 40.6. The number of nitrogens with one attached hydrogen (secondary N) is 2. The Morgan fingerprint density at radius 2 is 2.33 bits per heavy atom. The fourth-order valence-corrected chi connectivity index (χ4v) is 3.51. The molecule has 5 atom stereocenters. The molecule has 1 unspecified atom stereocenters. The van der Waals surface area contributed by atoms with Crippen molar-refractivity contribution in [2.24, 2.45) is 10.7 Å². The summed E-state index contributed by atoms with van der Waals surface area (Å²) in [6, 6.07) is 1.79. The van der Waals surface area contributed by atoms with Crippen molar-refractivity contribution in [3.63, 3.8) is 0 Å². The number of fused-ring (bicyclic) bond motifs is 1. The molecular weight excluding hydrogens is 314 g/mol. The molecule has 0 amide bonds. The van der Waals surface area contributed by atoms with Crippen LogP contribution in [0, 0.1) is 16.7 Å². The first-order valence-corrected chi connectivity index (χ1v) is 7.71. The first kappa shape index (κ1) is 16.9. The first-order valence-electron chi connectivity index (χ1n) is 7.71. The van der Waals surface area contributed by atoms with Crippen LogP contribution in [0.15, 0.2) is 16.8 Å². The number of rotatable bonds is 4. The molecule has 5 N–H and O–H groups in total. The molecule has 0 aromatic heterocycles. The van der Waals surface area contributed by atoms with Gasteiger partial charge in [-0.05, 0) is 20.3 Å². The second kappa shape index (κ2) is 5.82. The SMILES string of the molecule is CC1(C)O[C@H]2[C@@H](O1)[C@](C#N)(C1CC=C(C(N)=NC=N)N1)O[C@@H]2CO. The molecule has 130 valence electrons. The number of aliphatic imine (C=N–C) groups is 1. The molecule has 0 aromatic carbocycles. The highest BCUT2D eigenvalue weighted by Crippen LogP contribution is 2.46. The van der Waals surface area contributed by atoms with Gasteiger partial charge in [0.15, 0.2) is 5.79 Å². The Labute approximate surface area is 139 Å². The Bertz CT molecular complexity index is 640. The molecule has 2 fully saturated rings. The van der Waals surface area contributed by atoms with Crippen LogP contribution in [-0.2, 0) is 14.2 Å². The Hall–Kier alpha value is -1.99. The summed E-state index contributed by atoms with van der Waals surface area (Å²) < 4.78 is 17.6. The van der Waals surface area contributed by atoms with E-state index in [2.05, 4.69) is 16.4 Å². The van der Waals surface area contributed by atoms with Crippen molar-refractivity contribution in [2.45, 2.75) is 56.0 Å². The molecule has 0 bridgehead atoms. The van der Waals surface area contributed by atoms with Gasteiger partial charge in [-0.15, -0.1) is 0 Å². The minimum absolute atomic E-state index is 0.165. The van der Waals surface area contributed by atoms with Gasteiger partial charge in [0.05, 0.1) is 18.3 Å². The summed E-state index contributed by atoms with van der Waals surface area (Å²) in [4.78, 5) is 3.72. The van der Waals surface area contributed by atoms with Gasteiger partial charge in [-0.1, -0.05) is 6.08 Å². The lowest BCUT2D eigenvalue weighted by atomic mass is 9.87. The fourth-order valence-electron chi connectivity index (χ4n) is 3.51. The number of nitrogens with zero attached hydrogens (tertiary/aromatic N) is 2. The summed E-state index contributed by atoms with van der Waals surface area (Å²) in [5, 5.41) is 29.6. The molecule has 0 spiro atoms. The van der Waals surface area contributed by atoms with Gasteiger partial charge < -0.3 is 30.4 Å². The molecule has 0 aromatic rings. The van der Waals surface area contributed by atoms with E-state index in [0.717, 1.165) is 6.34 Å². The summed E-state index contributed by atoms with van der Waals surface area (Å²) >= 11 is 0. The number of hydrogen-bond donors (Lipinski definition) is 4. The van der Waals surface area contributed by atoms with Crippen LogP contribution < -0.4 is 11.1 Å². The highest BCUT2D eigenvalue weighted by atomic mass is 16.8. The zero-order valence-electron chi connectivity index (χ0n) is 13.5. The zero-order chi connectivity index (χ0) is 17.5. The van der Waals surface area contributed by atoms with Crippen molar-refractivity contribution >= 4 is 12.2 Å². The van der Waals surface area contributed by atoms with Gasteiger partial charge in [-0.25, -0.2) is 4.99 Å². The van der Waals surface area contributed by atoms with Gasteiger partial charge >= 0.3 is 0 Å². The predicted molar refractivity (Wildman–Crippen MR) is 84.2 cm³/mol. The third-order valence-corrected chi connectivity index (χ3v) is 4.50. The predicted octanol–water partition coefficient (Wildman–Crippen LogP) is -0.630. The van der Waals surface area contributed by atoms with Crippen LogP contribution in [0.25, 0.3) is 0 Å². The van der Waals surface area contributed by atoms with Crippen LogP contribution in [0.1, 0.15) is 20.3 Å². The molecule has 3 aliphatic rings. The lowest BCUT2D eigenvalue weighted by molar-refractivity contribution is -0.205. The van der Waals surface area contributed by atoms with E-state index in [1.165, 1.54) is 0 Å². The van der Waals surface area contributed by atoms with Gasteiger partial charge in [-0.2, -0.15) is 5.26 Å². The van der Waals surface area contributed by atoms with E-state index in [-0.39, 0.29) is 12.4 Å². The lowest BCUT2D eigenvalue weighted by Gasteiger charge is -2.34. The molecule has 9 heteroatoms. The minimum Gasteiger partial charge on any atom is -0.394 e. The van der Waals surface area contributed by atoms with E-state index in [9.17, 15) is 10.4 Å². The second-order valence-corrected chi connectivity index (χ2v) is 6.46. The molecule has 2 saturated heterocycles. The summed E-state index contributed by atoms with van der Waals surface area (Å²) in [5.74, 6) is -0.692. The molecule has 3 rings (SSSR count). The Balaban J connectivity index is 1.87. The number of aliphatic hydroxyl groups excluding tert-OH is 1. The monoisotopic (exact) mass is 335 g/mol. The van der Waals surface area contributed by atoms with Crippen LogP contribution >= 0.6 is 0 Å². The minimum atomic E-state index is -1.32. The van der Waals surface area contributed by atoms with Crippen LogP contribution in [0.4, 0.5) is 0 Å². The number of nitriles is 1. The van der Waals surface area contributed by atoms with Crippen LogP contribution in [0.5, 0.6) is 0 Å². The largest absolute Gasteiger partial charge is 0.394 e. The summed E-state index contributed by atoms with van der Waals surface area (Å²) in [5.41, 5.74) is 5.01. The summed E-state index contributed by atoms with van der Waals surface area (Å²) in [7, 11) is 0. The van der Waals surface area contributed by atoms with Crippen molar-refractivity contribution < 1.29 is 19.3 Å². The smallest absolute Gasteiger partial charge is 0.203 e. The van der Waals surface area contributed by atoms with Gasteiger partial charge in [0.1, 0.15) is 36.6 Å². The Morgan fingerprint density at radius 3 is 2.96 bits per heavy atom. The van der Waals surface area contributed by atoms with Gasteiger partial charge in [-0.3, -0.25) is 5.41 Å². The number of nitrogens with two attached hydrogens (primary N) is 1. The maximum atomic E-state index is 9.88. The molecule has 0 radical (unpaired) electrons. The highest BCUT2D eigenvalue weighted by Gasteiger charge is 2.66. The number of amidine groups is 1. The Morgan fingerprint density at radius 1 is 1.58 bits per heavy atom. The molecule has 9 nitrogen and oxygen atoms in total. The van der Waals surface area contributed by atoms with E-state index < -0.39 is 35.7 Å². The third-order valence-electron chi connectivity index (χ3n) is 4.50. The van der Waals surface area contributed by atoms with Gasteiger partial charge in [0.2, 0.25) is 5.60 Å². The fraction of sp³-hybridized carbons (Fsp3) is 0.667. The highest BCUT2D eigenvalue weighted by molar-refractivity contribution is 6.00. The molecular formula is C15H21N5O4. The number of ether oxygens (including phenoxy) is 3. The Kier molecular flexibility index (Phi) is 4.09. The quantitative estimate of drug-likeness (QED) is 0.395. The van der Waals surface area contributed by atoms with E-state index in [1.54, 1.807) is 19.9 Å². The van der Waals surface area contributed by atoms with Crippen molar-refractivity contribution in [3.8, 4) is 6.07 Å². The zero-order valence-corrected chi connectivity index (χ0v) is 13.5. The van der Waals surface area contributed by atoms with Gasteiger partial charge in [0.25, 0.3) is 0 Å². The van der Waals surface area contributed by atoms with Gasteiger partial charge in [0, 0.05) is 0 Å². The standard InChI is InChI=1S/C15H21N5O4/c1-14(2)23-11-9(5-21)22-15(6-16,12(11)24-14)10-4-3-8(20-10)13(18)19-7-17/h3,7,9-12,20-21H,4-5H2,1-2H3,(H3,17,18,19)/t9-,10?,11-,12-,15+/m1/s1. The summed E-state index contributed by atoms with van der Waals surface area (Å²) in [6.45, 7) is 3.26. The van der Waals surface area contributed by atoms with E-state index in [1.807, 2.05) is 0 Å². The van der Waals surface area contributed by atoms with E-state index >= 15 is 0 Å². The maximum Gasteiger partial charge on any atom is 0.203 e. The lowest BCUT2D eigenvalue weighted by Crippen LogP contribution is -2.56. The van der Waals surface area contributed by atoms with E-state index in [4.69, 9.17) is 25.4 Å². The molecule has 0 saturated carbocycles. The second-order valence-electron chi connectivity index (χ2n) is 6.46. The van der Waals surface area contributed by atoms with Crippen LogP contribution in [0.3, 0.4) is 0 Å². The third kappa shape index (κ3) is 2.48. The average molecular weight is 335 g/mol. The van der Waals surface area contributed by atoms with E-state index in [0.29, 0.717) is 12.1 Å². The van der Waals surface area contributed by atoms with Crippen molar-refractivity contribution in [1.29, 1.82) is 10.7 Å². The summed E-state index contributed by atoms with van der Waals surface area (Å²) in [6.07, 6.45) is 1.32. The average Bonchev–Trinajstić information content (AvgIpc) is 3.20. The first-order chi connectivity index (χ1) is 11.4. The van der Waals surface area contributed by atoms with Crippen molar-refractivity contribution in [1.82, 2.24) is 5.32 Å². The maximum absolute atomic E-state index is 9.88. The number of hydrogen-bond acceptors (Lipinski definition) is 7. The number of aliphatic hydroxyl groups is 1. The van der Waals surface area contributed by atoms with Crippen molar-refractivity contribution in [3.05, 3.63) is 11.8 Å². The molecule has 24 heavy (non-hydrogen) atoms. The van der Waals surface area contributed by atoms with Crippen LogP contribution in [0.2, 0.25) is 0 Å². The molecule has 3 heterocycles. The van der Waals surface area contributed by atoms with Crippen molar-refractivity contribution in [2.75, 3.05) is 6.61 Å². The van der Waals surface area contributed by atoms with Crippen LogP contribution in [-0.4, -0.2) is 59.6 Å². The molecule has 0 aliphatic carbocycles. The molecule has 3 aliphatic heterocycles. The topological polar surface area (TPSA) is 146 Å².